The smallest absolute Gasteiger partial charge is 0.210 e. The minimum absolute atomic E-state index is 0.920. The van der Waals surface area contributed by atoms with Gasteiger partial charge in [0.2, 0.25) is 5.16 Å². The molecule has 4 nitrogen and oxygen atoms in total. The third kappa shape index (κ3) is 2.36. The average molecular weight is 260 g/mol. The van der Waals surface area contributed by atoms with Gasteiger partial charge < -0.3 is 5.43 Å². The topological polar surface area (TPSA) is 42.7 Å². The van der Waals surface area contributed by atoms with Gasteiger partial charge in [-0.3, -0.25) is 0 Å². The maximum atomic E-state index is 4.26. The molecular formula is C13H16N4S. The summed E-state index contributed by atoms with van der Waals surface area (Å²) >= 11 is 1.76. The number of hydrogen-bond acceptors (Lipinski definition) is 4. The van der Waals surface area contributed by atoms with Crippen LogP contribution in [0.4, 0.5) is 0 Å². The van der Waals surface area contributed by atoms with Gasteiger partial charge >= 0.3 is 0 Å². The fourth-order valence-electron chi connectivity index (χ4n) is 2.03. The Kier molecular flexibility index (Phi) is 3.23. The van der Waals surface area contributed by atoms with E-state index < -0.39 is 0 Å². The number of thioether (sulfide) groups is 1. The Labute approximate surface area is 111 Å². The Morgan fingerprint density at radius 1 is 1.22 bits per heavy atom. The van der Waals surface area contributed by atoms with E-state index in [1.54, 1.807) is 11.8 Å². The molecule has 18 heavy (non-hydrogen) atoms. The largest absolute Gasteiger partial charge is 0.321 e. The van der Waals surface area contributed by atoms with Gasteiger partial charge in [-0.1, -0.05) is 41.6 Å². The molecule has 0 saturated carbocycles. The van der Waals surface area contributed by atoms with Crippen molar-refractivity contribution in [1.82, 2.24) is 14.9 Å². The van der Waals surface area contributed by atoms with Crippen LogP contribution >= 0.6 is 11.8 Å². The molecule has 1 aromatic carbocycles. The van der Waals surface area contributed by atoms with E-state index in [0.29, 0.717) is 0 Å². The molecule has 2 aromatic rings. The lowest BCUT2D eigenvalue weighted by Gasteiger charge is -2.16. The first-order valence-corrected chi connectivity index (χ1v) is 7.18. The molecule has 1 aliphatic heterocycles. The van der Waals surface area contributed by atoms with Crippen LogP contribution in [-0.2, 0) is 12.8 Å². The molecule has 3 rings (SSSR count). The van der Waals surface area contributed by atoms with Crippen LogP contribution in [0.1, 0.15) is 17.0 Å². The summed E-state index contributed by atoms with van der Waals surface area (Å²) in [6, 6.07) is 8.68. The molecule has 0 atom stereocenters. The summed E-state index contributed by atoms with van der Waals surface area (Å²) in [4.78, 5) is 0. The number of rotatable bonds is 3. The van der Waals surface area contributed by atoms with Crippen molar-refractivity contribution in [2.45, 2.75) is 24.9 Å². The van der Waals surface area contributed by atoms with Gasteiger partial charge in [0.15, 0.2) is 5.82 Å². The third-order valence-electron chi connectivity index (χ3n) is 3.06. The van der Waals surface area contributed by atoms with E-state index in [4.69, 9.17) is 0 Å². The number of aryl methyl sites for hydroxylation is 3. The predicted molar refractivity (Wildman–Crippen MR) is 73.6 cm³/mol. The van der Waals surface area contributed by atoms with E-state index in [1.165, 1.54) is 11.1 Å². The number of fused-ring (bicyclic) bond motifs is 1. The highest BCUT2D eigenvalue weighted by Gasteiger charge is 2.15. The Morgan fingerprint density at radius 3 is 2.89 bits per heavy atom. The highest BCUT2D eigenvalue weighted by molar-refractivity contribution is 7.99. The molecule has 0 fully saturated rings. The van der Waals surface area contributed by atoms with Crippen LogP contribution in [0.2, 0.25) is 0 Å². The van der Waals surface area contributed by atoms with Crippen molar-refractivity contribution in [2.24, 2.45) is 0 Å². The Bertz CT molecular complexity index is 532. The first kappa shape index (κ1) is 11.6. The van der Waals surface area contributed by atoms with Gasteiger partial charge in [-0.2, -0.15) is 0 Å². The summed E-state index contributed by atoms with van der Waals surface area (Å²) in [5, 5.41) is 9.44. The van der Waals surface area contributed by atoms with Crippen molar-refractivity contribution in [3.8, 4) is 0 Å². The highest BCUT2D eigenvalue weighted by atomic mass is 32.2. The van der Waals surface area contributed by atoms with Crippen molar-refractivity contribution >= 4 is 11.8 Å². The lowest BCUT2D eigenvalue weighted by atomic mass is 10.1. The number of hydrogen-bond donors (Lipinski definition) is 1. The van der Waals surface area contributed by atoms with Crippen LogP contribution in [0.15, 0.2) is 29.4 Å². The fraction of sp³-hybridized carbons (Fsp3) is 0.385. The summed E-state index contributed by atoms with van der Waals surface area (Å²) in [5.74, 6) is 2.09. The normalized spacial score (nSPS) is 14.1. The second-order valence-electron chi connectivity index (χ2n) is 4.48. The maximum Gasteiger partial charge on any atom is 0.210 e. The zero-order chi connectivity index (χ0) is 12.4. The molecule has 94 valence electrons. The Hall–Kier alpha value is -1.49. The molecular weight excluding hydrogens is 244 g/mol. The van der Waals surface area contributed by atoms with E-state index in [2.05, 4.69) is 46.8 Å². The summed E-state index contributed by atoms with van der Waals surface area (Å²) in [5.41, 5.74) is 5.98. The van der Waals surface area contributed by atoms with Gasteiger partial charge in [0.1, 0.15) is 0 Å². The summed E-state index contributed by atoms with van der Waals surface area (Å²) in [6.45, 7) is 3.09. The second-order valence-corrected chi connectivity index (χ2v) is 5.54. The van der Waals surface area contributed by atoms with Crippen LogP contribution in [0.5, 0.6) is 0 Å². The fourth-order valence-corrected chi connectivity index (χ4v) is 2.80. The Morgan fingerprint density at radius 2 is 2.06 bits per heavy atom. The van der Waals surface area contributed by atoms with E-state index >= 15 is 0 Å². The summed E-state index contributed by atoms with van der Waals surface area (Å²) in [7, 11) is 0. The van der Waals surface area contributed by atoms with Crippen LogP contribution < -0.4 is 5.43 Å². The van der Waals surface area contributed by atoms with Gasteiger partial charge in [-0.25, -0.2) is 4.68 Å². The minimum Gasteiger partial charge on any atom is -0.321 e. The lowest BCUT2D eigenvalue weighted by molar-refractivity contribution is 0.700. The van der Waals surface area contributed by atoms with Gasteiger partial charge in [0, 0.05) is 18.7 Å². The summed E-state index contributed by atoms with van der Waals surface area (Å²) in [6.07, 6.45) is 1.92. The highest BCUT2D eigenvalue weighted by Crippen LogP contribution is 2.19. The first-order chi connectivity index (χ1) is 8.83. The van der Waals surface area contributed by atoms with Gasteiger partial charge in [-0.15, -0.1) is 10.2 Å². The molecule has 0 aliphatic carbocycles. The SMILES string of the molecule is Cc1ccc(CCc2nnc3n2NCCS3)cc1. The van der Waals surface area contributed by atoms with Crippen LogP contribution in [0, 0.1) is 6.92 Å². The first-order valence-electron chi connectivity index (χ1n) is 6.19. The van der Waals surface area contributed by atoms with E-state index in [-0.39, 0.29) is 0 Å². The zero-order valence-electron chi connectivity index (χ0n) is 10.4. The lowest BCUT2D eigenvalue weighted by Crippen LogP contribution is -2.25. The molecule has 0 spiro atoms. The molecule has 0 saturated heterocycles. The third-order valence-corrected chi connectivity index (χ3v) is 3.99. The van der Waals surface area contributed by atoms with E-state index in [9.17, 15) is 0 Å². The van der Waals surface area contributed by atoms with Crippen molar-refractivity contribution < 1.29 is 0 Å². The molecule has 0 radical (unpaired) electrons. The monoisotopic (exact) mass is 260 g/mol. The number of benzene rings is 1. The van der Waals surface area contributed by atoms with Crippen LogP contribution in [0.25, 0.3) is 0 Å². The van der Waals surface area contributed by atoms with Crippen molar-refractivity contribution in [3.05, 3.63) is 41.2 Å². The number of nitrogens with zero attached hydrogens (tertiary/aromatic N) is 3. The molecule has 1 aliphatic rings. The molecule has 5 heteroatoms. The standard InChI is InChI=1S/C13H16N4S/c1-10-2-4-11(5-3-10)6-7-12-15-16-13-17(12)14-8-9-18-13/h2-5,14H,6-9H2,1H3. The number of aromatic nitrogens is 3. The molecule has 2 heterocycles. The van der Waals surface area contributed by atoms with Crippen molar-refractivity contribution in [3.63, 3.8) is 0 Å². The molecule has 0 unspecified atom stereocenters. The van der Waals surface area contributed by atoms with E-state index in [0.717, 1.165) is 36.1 Å². The van der Waals surface area contributed by atoms with E-state index in [1.807, 2.05) is 4.68 Å². The van der Waals surface area contributed by atoms with Gasteiger partial charge in [-0.05, 0) is 18.9 Å². The molecule has 1 N–H and O–H groups in total. The van der Waals surface area contributed by atoms with Crippen LogP contribution in [0.3, 0.4) is 0 Å². The van der Waals surface area contributed by atoms with Crippen molar-refractivity contribution in [1.29, 1.82) is 0 Å². The second kappa shape index (κ2) is 5.02. The quantitative estimate of drug-likeness (QED) is 0.917. The maximum absolute atomic E-state index is 4.26. The summed E-state index contributed by atoms with van der Waals surface area (Å²) < 4.78 is 2.03. The molecule has 0 amide bonds. The average Bonchev–Trinajstić information content (AvgIpc) is 2.82. The zero-order valence-corrected chi connectivity index (χ0v) is 11.2. The van der Waals surface area contributed by atoms with Crippen LogP contribution in [-0.4, -0.2) is 27.2 Å². The van der Waals surface area contributed by atoms with Crippen molar-refractivity contribution in [2.75, 3.05) is 17.7 Å². The number of nitrogens with one attached hydrogen (secondary N) is 1. The minimum atomic E-state index is 0.920. The predicted octanol–water partition coefficient (Wildman–Crippen LogP) is 2.02. The van der Waals surface area contributed by atoms with Gasteiger partial charge in [0.25, 0.3) is 0 Å². The Balaban J connectivity index is 1.70. The molecule has 0 bridgehead atoms. The van der Waals surface area contributed by atoms with Gasteiger partial charge in [0.05, 0.1) is 0 Å². The molecule has 1 aromatic heterocycles.